The fourth-order valence-electron chi connectivity index (χ4n) is 3.13. The average molecular weight is 422 g/mol. The van der Waals surface area contributed by atoms with Crippen molar-refractivity contribution in [3.8, 4) is 11.4 Å². The van der Waals surface area contributed by atoms with E-state index in [1.54, 1.807) is 0 Å². The van der Waals surface area contributed by atoms with Gasteiger partial charge in [-0.3, -0.25) is 9.36 Å². The summed E-state index contributed by atoms with van der Waals surface area (Å²) in [5.41, 5.74) is 5.06. The van der Waals surface area contributed by atoms with Crippen LogP contribution in [-0.4, -0.2) is 40.5 Å². The summed E-state index contributed by atoms with van der Waals surface area (Å²) in [6.45, 7) is 8.40. The Bertz CT molecular complexity index is 1020. The van der Waals surface area contributed by atoms with Gasteiger partial charge in [-0.1, -0.05) is 36.0 Å². The molecule has 1 heterocycles. The molecule has 1 aromatic heterocycles. The number of allylic oxidation sites excluding steroid dienone is 1. The number of hydrogen-bond acceptors (Lipinski definition) is 5. The van der Waals surface area contributed by atoms with Crippen molar-refractivity contribution in [2.24, 2.45) is 0 Å². The van der Waals surface area contributed by atoms with Crippen LogP contribution in [0.15, 0.2) is 60.3 Å². The number of anilines is 2. The first kappa shape index (κ1) is 21.6. The summed E-state index contributed by atoms with van der Waals surface area (Å²) in [6.07, 6.45) is 1.81. The number of carbonyl (C=O) groups is 1. The van der Waals surface area contributed by atoms with E-state index in [1.807, 2.05) is 86.0 Å². The summed E-state index contributed by atoms with van der Waals surface area (Å²) in [5, 5.41) is 12.4. The van der Waals surface area contributed by atoms with E-state index in [9.17, 15) is 4.79 Å². The number of carbonyl (C=O) groups excluding carboxylic acids is 1. The summed E-state index contributed by atoms with van der Waals surface area (Å²) >= 11 is 1.37. The standard InChI is InChI=1S/C23H27N5OS/c1-6-14-28-22(18-10-12-19(13-11-18)27(4)5)25-26-23(28)30-15-20(29)24-21-16(2)8-7-9-17(21)3/h6-13H,1,14-15H2,2-5H3,(H,24,29). The third kappa shape index (κ3) is 4.91. The van der Waals surface area contributed by atoms with Crippen LogP contribution in [0.5, 0.6) is 0 Å². The predicted molar refractivity (Wildman–Crippen MR) is 125 cm³/mol. The number of aromatic nitrogens is 3. The van der Waals surface area contributed by atoms with Crippen LogP contribution in [-0.2, 0) is 11.3 Å². The largest absolute Gasteiger partial charge is 0.378 e. The molecule has 0 bridgehead atoms. The predicted octanol–water partition coefficient (Wildman–Crippen LogP) is 4.54. The molecule has 0 saturated heterocycles. The second kappa shape index (κ2) is 9.63. The first-order valence-electron chi connectivity index (χ1n) is 9.71. The number of nitrogens with one attached hydrogen (secondary N) is 1. The van der Waals surface area contributed by atoms with E-state index in [2.05, 4.69) is 22.1 Å². The van der Waals surface area contributed by atoms with Gasteiger partial charge in [0.05, 0.1) is 5.75 Å². The van der Waals surface area contributed by atoms with Crippen molar-refractivity contribution in [2.45, 2.75) is 25.5 Å². The lowest BCUT2D eigenvalue weighted by Crippen LogP contribution is -2.16. The minimum atomic E-state index is -0.0672. The fraction of sp³-hybridized carbons (Fsp3) is 0.261. The summed E-state index contributed by atoms with van der Waals surface area (Å²) in [4.78, 5) is 14.6. The van der Waals surface area contributed by atoms with Gasteiger partial charge in [-0.05, 0) is 49.2 Å². The SMILES string of the molecule is C=CCn1c(SCC(=O)Nc2c(C)cccc2C)nnc1-c1ccc(N(C)C)cc1. The molecule has 0 atom stereocenters. The molecular weight excluding hydrogens is 394 g/mol. The maximum absolute atomic E-state index is 12.5. The highest BCUT2D eigenvalue weighted by molar-refractivity contribution is 7.99. The highest BCUT2D eigenvalue weighted by Crippen LogP contribution is 2.26. The monoisotopic (exact) mass is 421 g/mol. The number of nitrogens with zero attached hydrogens (tertiary/aromatic N) is 4. The Morgan fingerprint density at radius 3 is 2.40 bits per heavy atom. The van der Waals surface area contributed by atoms with Gasteiger partial charge < -0.3 is 10.2 Å². The minimum Gasteiger partial charge on any atom is -0.378 e. The van der Waals surface area contributed by atoms with Crippen LogP contribution in [0.3, 0.4) is 0 Å². The Hall–Kier alpha value is -3.06. The number of hydrogen-bond donors (Lipinski definition) is 1. The van der Waals surface area contributed by atoms with Gasteiger partial charge in [0.1, 0.15) is 0 Å². The molecule has 156 valence electrons. The molecule has 0 aliphatic carbocycles. The zero-order valence-electron chi connectivity index (χ0n) is 17.8. The molecule has 0 aliphatic rings. The third-order valence-electron chi connectivity index (χ3n) is 4.75. The van der Waals surface area contributed by atoms with Gasteiger partial charge in [-0.25, -0.2) is 0 Å². The lowest BCUT2D eigenvalue weighted by Gasteiger charge is -2.13. The molecule has 0 spiro atoms. The highest BCUT2D eigenvalue weighted by atomic mass is 32.2. The van der Waals surface area contributed by atoms with Gasteiger partial charge in [0.2, 0.25) is 5.91 Å². The molecule has 2 aromatic carbocycles. The molecule has 3 aromatic rings. The van der Waals surface area contributed by atoms with E-state index in [4.69, 9.17) is 0 Å². The molecule has 7 heteroatoms. The lowest BCUT2D eigenvalue weighted by atomic mass is 10.1. The first-order chi connectivity index (χ1) is 14.4. The fourth-order valence-corrected chi connectivity index (χ4v) is 3.88. The zero-order valence-corrected chi connectivity index (χ0v) is 18.7. The first-order valence-corrected chi connectivity index (χ1v) is 10.7. The molecule has 30 heavy (non-hydrogen) atoms. The summed E-state index contributed by atoms with van der Waals surface area (Å²) < 4.78 is 1.98. The van der Waals surface area contributed by atoms with Gasteiger partial charge >= 0.3 is 0 Å². The normalized spacial score (nSPS) is 10.7. The van der Waals surface area contributed by atoms with Crippen molar-refractivity contribution in [2.75, 3.05) is 30.1 Å². The quantitative estimate of drug-likeness (QED) is 0.427. The van der Waals surface area contributed by atoms with Gasteiger partial charge in [-0.15, -0.1) is 16.8 Å². The number of aryl methyl sites for hydroxylation is 2. The molecular formula is C23H27N5OS. The van der Waals surface area contributed by atoms with E-state index in [0.29, 0.717) is 11.7 Å². The van der Waals surface area contributed by atoms with E-state index >= 15 is 0 Å². The van der Waals surface area contributed by atoms with Crippen LogP contribution in [0, 0.1) is 13.8 Å². The van der Waals surface area contributed by atoms with Gasteiger partial charge in [0, 0.05) is 37.6 Å². The number of thioether (sulfide) groups is 1. The Morgan fingerprint density at radius 1 is 1.13 bits per heavy atom. The summed E-state index contributed by atoms with van der Waals surface area (Å²) in [6, 6.07) is 14.1. The molecule has 0 fully saturated rings. The van der Waals surface area contributed by atoms with Crippen LogP contribution < -0.4 is 10.2 Å². The smallest absolute Gasteiger partial charge is 0.234 e. The van der Waals surface area contributed by atoms with Crippen molar-refractivity contribution >= 4 is 29.0 Å². The molecule has 0 radical (unpaired) electrons. The number of rotatable bonds is 8. The highest BCUT2D eigenvalue weighted by Gasteiger charge is 2.16. The Labute approximate surface area is 182 Å². The van der Waals surface area contributed by atoms with Crippen molar-refractivity contribution in [1.82, 2.24) is 14.8 Å². The molecule has 0 saturated carbocycles. The maximum atomic E-state index is 12.5. The van der Waals surface area contributed by atoms with Gasteiger partial charge in [0.25, 0.3) is 0 Å². The third-order valence-corrected chi connectivity index (χ3v) is 5.72. The molecule has 0 aliphatic heterocycles. The van der Waals surface area contributed by atoms with Gasteiger partial charge in [0.15, 0.2) is 11.0 Å². The second-order valence-electron chi connectivity index (χ2n) is 7.25. The van der Waals surface area contributed by atoms with Crippen LogP contribution in [0.2, 0.25) is 0 Å². The van der Waals surface area contributed by atoms with Crippen molar-refractivity contribution < 1.29 is 4.79 Å². The zero-order chi connectivity index (χ0) is 21.7. The van der Waals surface area contributed by atoms with E-state index in [0.717, 1.165) is 33.9 Å². The molecule has 0 unspecified atom stereocenters. The Balaban J connectivity index is 1.75. The van der Waals surface area contributed by atoms with Crippen LogP contribution >= 0.6 is 11.8 Å². The van der Waals surface area contributed by atoms with Crippen molar-refractivity contribution in [3.63, 3.8) is 0 Å². The van der Waals surface area contributed by atoms with E-state index < -0.39 is 0 Å². The van der Waals surface area contributed by atoms with E-state index in [-0.39, 0.29) is 11.7 Å². The topological polar surface area (TPSA) is 63.1 Å². The number of amides is 1. The van der Waals surface area contributed by atoms with Gasteiger partial charge in [-0.2, -0.15) is 0 Å². The summed E-state index contributed by atoms with van der Waals surface area (Å²) in [7, 11) is 4.01. The van der Waals surface area contributed by atoms with Crippen LogP contribution in [0.25, 0.3) is 11.4 Å². The maximum Gasteiger partial charge on any atom is 0.234 e. The molecule has 1 N–H and O–H groups in total. The van der Waals surface area contributed by atoms with Crippen LogP contribution in [0.4, 0.5) is 11.4 Å². The van der Waals surface area contributed by atoms with Crippen molar-refractivity contribution in [1.29, 1.82) is 0 Å². The average Bonchev–Trinajstić information content (AvgIpc) is 3.12. The molecule has 1 amide bonds. The number of para-hydroxylation sites is 1. The number of benzene rings is 2. The minimum absolute atomic E-state index is 0.0672. The van der Waals surface area contributed by atoms with E-state index in [1.165, 1.54) is 11.8 Å². The van der Waals surface area contributed by atoms with Crippen LogP contribution in [0.1, 0.15) is 11.1 Å². The second-order valence-corrected chi connectivity index (χ2v) is 8.19. The Kier molecular flexibility index (Phi) is 6.95. The van der Waals surface area contributed by atoms with Crippen molar-refractivity contribution in [3.05, 3.63) is 66.2 Å². The lowest BCUT2D eigenvalue weighted by molar-refractivity contribution is -0.113. The summed E-state index contributed by atoms with van der Waals surface area (Å²) in [5.74, 6) is 0.947. The Morgan fingerprint density at radius 2 is 1.80 bits per heavy atom. The molecule has 3 rings (SSSR count). The molecule has 6 nitrogen and oxygen atoms in total.